The fourth-order valence-corrected chi connectivity index (χ4v) is 5.10. The van der Waals surface area contributed by atoms with Crippen LogP contribution in [0.3, 0.4) is 0 Å². The highest BCUT2D eigenvalue weighted by molar-refractivity contribution is 5.92. The molecule has 0 N–H and O–H groups in total. The van der Waals surface area contributed by atoms with Crippen LogP contribution in [0.25, 0.3) is 27.8 Å². The summed E-state index contributed by atoms with van der Waals surface area (Å²) < 4.78 is 3.66. The number of fused-ring (bicyclic) bond motifs is 1. The third-order valence-electron chi connectivity index (χ3n) is 7.18. The van der Waals surface area contributed by atoms with Crippen molar-refractivity contribution < 1.29 is 4.79 Å². The van der Waals surface area contributed by atoms with Crippen LogP contribution in [0.4, 0.5) is 5.82 Å². The molecule has 0 bridgehead atoms. The van der Waals surface area contributed by atoms with E-state index < -0.39 is 0 Å². The van der Waals surface area contributed by atoms with Gasteiger partial charge in [-0.2, -0.15) is 15.5 Å². The molecular weight excluding hydrogens is 464 g/mol. The standard InChI is InChI=1S/C28H28N8O/c1-18(2)28(37)35-10-8-34(9-11-35)25-7-6-20(14-30-25)23-12-21(16-36-27(23)22(13-29)15-31-36)24-17-33(3)32-26(24)19-4-5-19/h6-7,12,14-17,19H,1,4-5,8-11H2,2-3H3. The van der Waals surface area contributed by atoms with E-state index in [4.69, 9.17) is 10.1 Å². The molecule has 1 aliphatic heterocycles. The molecule has 37 heavy (non-hydrogen) atoms. The normalized spacial score (nSPS) is 15.7. The number of nitrogens with zero attached hydrogens (tertiary/aromatic N) is 8. The number of carbonyl (C=O) groups is 1. The second kappa shape index (κ2) is 8.89. The highest BCUT2D eigenvalue weighted by atomic mass is 16.2. The molecule has 5 heterocycles. The molecule has 4 aromatic rings. The van der Waals surface area contributed by atoms with Crippen LogP contribution < -0.4 is 4.90 Å². The van der Waals surface area contributed by atoms with Gasteiger partial charge in [-0.3, -0.25) is 9.48 Å². The number of aryl methyl sites for hydroxylation is 1. The van der Waals surface area contributed by atoms with Gasteiger partial charge in [0.2, 0.25) is 5.91 Å². The van der Waals surface area contributed by atoms with Crippen LogP contribution in [0.15, 0.2) is 55.1 Å². The Labute approximate surface area is 215 Å². The van der Waals surface area contributed by atoms with Crippen molar-refractivity contribution in [3.8, 4) is 28.3 Å². The van der Waals surface area contributed by atoms with E-state index in [2.05, 4.69) is 34.9 Å². The summed E-state index contributed by atoms with van der Waals surface area (Å²) in [5.74, 6) is 1.39. The van der Waals surface area contributed by atoms with E-state index in [0.29, 0.717) is 30.1 Å². The SMILES string of the molecule is C=C(C)C(=O)N1CCN(c2ccc(-c3cc(-c4cn(C)nc4C4CC4)cn4ncc(C#N)c34)cn2)CC1. The van der Waals surface area contributed by atoms with Crippen LogP contribution in [0, 0.1) is 11.3 Å². The monoisotopic (exact) mass is 492 g/mol. The van der Waals surface area contributed by atoms with Crippen LogP contribution in [0.1, 0.15) is 36.9 Å². The quantitative estimate of drug-likeness (QED) is 0.394. The van der Waals surface area contributed by atoms with Gasteiger partial charge in [-0.1, -0.05) is 6.58 Å². The van der Waals surface area contributed by atoms with Crippen molar-refractivity contribution in [1.82, 2.24) is 29.3 Å². The highest BCUT2D eigenvalue weighted by Gasteiger charge is 2.30. The van der Waals surface area contributed by atoms with Crippen LogP contribution in [-0.2, 0) is 11.8 Å². The molecule has 0 aromatic carbocycles. The second-order valence-corrected chi connectivity index (χ2v) is 9.95. The third-order valence-corrected chi connectivity index (χ3v) is 7.18. The summed E-state index contributed by atoms with van der Waals surface area (Å²) in [6, 6.07) is 8.46. The van der Waals surface area contributed by atoms with Gasteiger partial charge in [0.05, 0.1) is 23.0 Å². The maximum atomic E-state index is 12.2. The first-order valence-corrected chi connectivity index (χ1v) is 12.5. The summed E-state index contributed by atoms with van der Waals surface area (Å²) in [5.41, 5.74) is 6.94. The number of amides is 1. The summed E-state index contributed by atoms with van der Waals surface area (Å²) >= 11 is 0. The van der Waals surface area contributed by atoms with E-state index in [-0.39, 0.29) is 5.91 Å². The summed E-state index contributed by atoms with van der Waals surface area (Å²) in [5, 5.41) is 19.0. The molecular formula is C28H28N8O. The number of carbonyl (C=O) groups excluding carboxylic acids is 1. The molecule has 1 aliphatic carbocycles. The first kappa shape index (κ1) is 23.0. The molecule has 1 amide bonds. The Morgan fingerprint density at radius 1 is 1.08 bits per heavy atom. The lowest BCUT2D eigenvalue weighted by atomic mass is 9.99. The van der Waals surface area contributed by atoms with Gasteiger partial charge >= 0.3 is 0 Å². The lowest BCUT2D eigenvalue weighted by Gasteiger charge is -2.35. The number of anilines is 1. The number of pyridine rings is 2. The predicted molar refractivity (Wildman–Crippen MR) is 141 cm³/mol. The minimum atomic E-state index is 0.0134. The fourth-order valence-electron chi connectivity index (χ4n) is 5.10. The number of hydrogen-bond acceptors (Lipinski definition) is 6. The van der Waals surface area contributed by atoms with Gasteiger partial charge < -0.3 is 9.80 Å². The lowest BCUT2D eigenvalue weighted by Crippen LogP contribution is -2.49. The van der Waals surface area contributed by atoms with Crippen molar-refractivity contribution in [1.29, 1.82) is 5.26 Å². The van der Waals surface area contributed by atoms with Crippen LogP contribution in [-0.4, -0.2) is 61.4 Å². The van der Waals surface area contributed by atoms with E-state index >= 15 is 0 Å². The molecule has 0 unspecified atom stereocenters. The molecule has 0 spiro atoms. The van der Waals surface area contributed by atoms with Crippen molar-refractivity contribution in [2.45, 2.75) is 25.7 Å². The van der Waals surface area contributed by atoms with Crippen molar-refractivity contribution in [2.75, 3.05) is 31.1 Å². The summed E-state index contributed by atoms with van der Waals surface area (Å²) in [6.07, 6.45) is 9.85. The average molecular weight is 493 g/mol. The lowest BCUT2D eigenvalue weighted by molar-refractivity contribution is -0.127. The van der Waals surface area contributed by atoms with E-state index in [9.17, 15) is 10.1 Å². The van der Waals surface area contributed by atoms with Gasteiger partial charge in [-0.05, 0) is 38.0 Å². The van der Waals surface area contributed by atoms with Gasteiger partial charge in [-0.25, -0.2) is 9.50 Å². The highest BCUT2D eigenvalue weighted by Crippen LogP contribution is 2.44. The topological polar surface area (TPSA) is 95.4 Å². The van der Waals surface area contributed by atoms with Gasteiger partial charge in [0, 0.05) is 85.6 Å². The maximum Gasteiger partial charge on any atom is 0.249 e. The van der Waals surface area contributed by atoms with Crippen molar-refractivity contribution in [3.63, 3.8) is 0 Å². The number of hydrogen-bond donors (Lipinski definition) is 0. The smallest absolute Gasteiger partial charge is 0.249 e. The van der Waals surface area contributed by atoms with E-state index in [0.717, 1.165) is 52.4 Å². The maximum absolute atomic E-state index is 12.2. The van der Waals surface area contributed by atoms with Crippen LogP contribution in [0.5, 0.6) is 0 Å². The van der Waals surface area contributed by atoms with Crippen LogP contribution in [0.2, 0.25) is 0 Å². The second-order valence-electron chi connectivity index (χ2n) is 9.95. The predicted octanol–water partition coefficient (Wildman–Crippen LogP) is 3.77. The molecule has 1 saturated heterocycles. The summed E-state index contributed by atoms with van der Waals surface area (Å²) in [6.45, 7) is 8.25. The van der Waals surface area contributed by atoms with E-state index in [1.807, 2.05) is 41.2 Å². The molecule has 0 atom stereocenters. The molecule has 2 aliphatic rings. The number of nitriles is 1. The minimum Gasteiger partial charge on any atom is -0.353 e. The number of aromatic nitrogens is 5. The Morgan fingerprint density at radius 2 is 1.86 bits per heavy atom. The zero-order valence-corrected chi connectivity index (χ0v) is 21.1. The van der Waals surface area contributed by atoms with E-state index in [1.165, 1.54) is 12.8 Å². The molecule has 6 rings (SSSR count). The summed E-state index contributed by atoms with van der Waals surface area (Å²) in [4.78, 5) is 21.0. The Balaban J connectivity index is 1.34. The van der Waals surface area contributed by atoms with Gasteiger partial charge in [-0.15, -0.1) is 0 Å². The van der Waals surface area contributed by atoms with Crippen LogP contribution >= 0.6 is 0 Å². The molecule has 0 radical (unpaired) electrons. The first-order valence-electron chi connectivity index (χ1n) is 12.5. The minimum absolute atomic E-state index is 0.0134. The summed E-state index contributed by atoms with van der Waals surface area (Å²) in [7, 11) is 1.95. The van der Waals surface area contributed by atoms with Crippen molar-refractivity contribution in [2.24, 2.45) is 7.05 Å². The number of rotatable bonds is 5. The Bertz CT molecular complexity index is 1560. The zero-order valence-electron chi connectivity index (χ0n) is 21.1. The molecule has 2 fully saturated rings. The van der Waals surface area contributed by atoms with Gasteiger partial charge in [0.25, 0.3) is 0 Å². The van der Waals surface area contributed by atoms with E-state index in [1.54, 1.807) is 17.6 Å². The average Bonchev–Trinajstić information content (AvgIpc) is 3.56. The molecule has 9 heteroatoms. The Kier molecular flexibility index (Phi) is 5.52. The van der Waals surface area contributed by atoms with Crippen molar-refractivity contribution >= 4 is 17.2 Å². The first-order chi connectivity index (χ1) is 17.9. The largest absolute Gasteiger partial charge is 0.353 e. The van der Waals surface area contributed by atoms with Crippen molar-refractivity contribution in [3.05, 3.63) is 66.4 Å². The Morgan fingerprint density at radius 3 is 2.51 bits per heavy atom. The Hall–Kier alpha value is -4.45. The van der Waals surface area contributed by atoms with Gasteiger partial charge in [0.1, 0.15) is 11.9 Å². The zero-order chi connectivity index (χ0) is 25.7. The molecule has 4 aromatic heterocycles. The molecule has 1 saturated carbocycles. The fraction of sp³-hybridized carbons (Fsp3) is 0.321. The number of piperazine rings is 1. The van der Waals surface area contributed by atoms with Gasteiger partial charge in [0.15, 0.2) is 0 Å². The molecule has 186 valence electrons. The molecule has 9 nitrogen and oxygen atoms in total. The third kappa shape index (κ3) is 4.14.